The third-order valence-corrected chi connectivity index (χ3v) is 4.41. The molecule has 0 aliphatic carbocycles. The molecule has 0 saturated heterocycles. The van der Waals surface area contributed by atoms with Crippen LogP contribution in [0.5, 0.6) is 5.75 Å². The summed E-state index contributed by atoms with van der Waals surface area (Å²) in [4.78, 5) is 2.48. The molecule has 20 heavy (non-hydrogen) atoms. The first-order valence-electron chi connectivity index (χ1n) is 7.01. The SMILES string of the molecule is CC1c2cccn2CCN1CCOc1cccc(Br)c1. The van der Waals surface area contributed by atoms with Crippen molar-refractivity contribution in [1.29, 1.82) is 0 Å². The lowest BCUT2D eigenvalue weighted by Crippen LogP contribution is -2.38. The molecule has 3 rings (SSSR count). The monoisotopic (exact) mass is 334 g/mol. The Morgan fingerprint density at radius 2 is 2.15 bits per heavy atom. The topological polar surface area (TPSA) is 17.4 Å². The minimum absolute atomic E-state index is 0.463. The van der Waals surface area contributed by atoms with Crippen molar-refractivity contribution in [3.05, 3.63) is 52.8 Å². The largest absolute Gasteiger partial charge is 0.492 e. The number of fused-ring (bicyclic) bond motifs is 1. The third kappa shape index (κ3) is 2.91. The fourth-order valence-electron chi connectivity index (χ4n) is 2.77. The van der Waals surface area contributed by atoms with E-state index in [0.717, 1.165) is 36.5 Å². The smallest absolute Gasteiger partial charge is 0.120 e. The maximum Gasteiger partial charge on any atom is 0.120 e. The molecular formula is C16H19BrN2O. The number of rotatable bonds is 4. The molecule has 0 amide bonds. The Hall–Kier alpha value is -1.26. The quantitative estimate of drug-likeness (QED) is 0.848. The fraction of sp³-hybridized carbons (Fsp3) is 0.375. The molecule has 1 aliphatic heterocycles. The highest BCUT2D eigenvalue weighted by Crippen LogP contribution is 2.25. The number of benzene rings is 1. The zero-order chi connectivity index (χ0) is 13.9. The van der Waals surface area contributed by atoms with Gasteiger partial charge in [-0.2, -0.15) is 0 Å². The molecule has 0 bridgehead atoms. The molecule has 1 aromatic carbocycles. The van der Waals surface area contributed by atoms with Crippen LogP contribution >= 0.6 is 15.9 Å². The van der Waals surface area contributed by atoms with Crippen LogP contribution in [0.4, 0.5) is 0 Å². The Morgan fingerprint density at radius 3 is 3.00 bits per heavy atom. The van der Waals surface area contributed by atoms with Crippen LogP contribution in [0.25, 0.3) is 0 Å². The molecule has 1 atom stereocenters. The fourth-order valence-corrected chi connectivity index (χ4v) is 3.15. The Balaban J connectivity index is 1.55. The molecule has 0 spiro atoms. The maximum atomic E-state index is 5.83. The lowest BCUT2D eigenvalue weighted by Gasteiger charge is -2.34. The number of nitrogens with zero attached hydrogens (tertiary/aromatic N) is 2. The number of halogens is 1. The van der Waals surface area contributed by atoms with Crippen LogP contribution in [0.15, 0.2) is 47.1 Å². The van der Waals surface area contributed by atoms with Gasteiger partial charge in [-0.3, -0.25) is 4.90 Å². The van der Waals surface area contributed by atoms with Crippen LogP contribution in [0.1, 0.15) is 18.7 Å². The third-order valence-electron chi connectivity index (χ3n) is 3.91. The van der Waals surface area contributed by atoms with Crippen LogP contribution in [0.3, 0.4) is 0 Å². The van der Waals surface area contributed by atoms with E-state index in [-0.39, 0.29) is 0 Å². The highest BCUT2D eigenvalue weighted by Gasteiger charge is 2.22. The Kier molecular flexibility index (Phi) is 4.13. The van der Waals surface area contributed by atoms with Crippen molar-refractivity contribution in [1.82, 2.24) is 9.47 Å². The zero-order valence-corrected chi connectivity index (χ0v) is 13.2. The van der Waals surface area contributed by atoms with Gasteiger partial charge in [-0.15, -0.1) is 0 Å². The van der Waals surface area contributed by atoms with Crippen LogP contribution < -0.4 is 4.74 Å². The maximum absolute atomic E-state index is 5.83. The van der Waals surface area contributed by atoms with E-state index in [2.05, 4.69) is 50.7 Å². The van der Waals surface area contributed by atoms with Gasteiger partial charge in [0.2, 0.25) is 0 Å². The van der Waals surface area contributed by atoms with Gasteiger partial charge >= 0.3 is 0 Å². The summed E-state index contributed by atoms with van der Waals surface area (Å²) >= 11 is 3.46. The number of aromatic nitrogens is 1. The molecule has 0 radical (unpaired) electrons. The van der Waals surface area contributed by atoms with E-state index in [1.165, 1.54) is 5.69 Å². The van der Waals surface area contributed by atoms with E-state index in [1.807, 2.05) is 24.3 Å². The average molecular weight is 335 g/mol. The van der Waals surface area contributed by atoms with Crippen molar-refractivity contribution >= 4 is 15.9 Å². The molecule has 1 unspecified atom stereocenters. The number of hydrogen-bond acceptors (Lipinski definition) is 2. The summed E-state index contributed by atoms with van der Waals surface area (Å²) in [7, 11) is 0. The van der Waals surface area contributed by atoms with Gasteiger partial charge in [0, 0.05) is 42.0 Å². The van der Waals surface area contributed by atoms with Crippen LogP contribution in [0, 0.1) is 0 Å². The van der Waals surface area contributed by atoms with E-state index in [4.69, 9.17) is 4.74 Å². The molecule has 4 heteroatoms. The molecule has 2 heterocycles. The molecule has 1 aliphatic rings. The molecular weight excluding hydrogens is 316 g/mol. The van der Waals surface area contributed by atoms with Crippen molar-refractivity contribution in [2.24, 2.45) is 0 Å². The molecule has 0 N–H and O–H groups in total. The highest BCUT2D eigenvalue weighted by atomic mass is 79.9. The predicted octanol–water partition coefficient (Wildman–Crippen LogP) is 3.71. The summed E-state index contributed by atoms with van der Waals surface area (Å²) in [6.07, 6.45) is 2.17. The summed E-state index contributed by atoms with van der Waals surface area (Å²) in [5.41, 5.74) is 1.40. The molecule has 0 saturated carbocycles. The van der Waals surface area contributed by atoms with Gasteiger partial charge in [0.05, 0.1) is 0 Å². The first-order valence-corrected chi connectivity index (χ1v) is 7.81. The van der Waals surface area contributed by atoms with Gasteiger partial charge in [0.25, 0.3) is 0 Å². The highest BCUT2D eigenvalue weighted by molar-refractivity contribution is 9.10. The van der Waals surface area contributed by atoms with Crippen molar-refractivity contribution in [2.45, 2.75) is 19.5 Å². The second kappa shape index (κ2) is 6.02. The van der Waals surface area contributed by atoms with E-state index in [1.54, 1.807) is 0 Å². The minimum Gasteiger partial charge on any atom is -0.492 e. The van der Waals surface area contributed by atoms with E-state index >= 15 is 0 Å². The zero-order valence-electron chi connectivity index (χ0n) is 11.6. The second-order valence-corrected chi connectivity index (χ2v) is 6.06. The Morgan fingerprint density at radius 1 is 1.25 bits per heavy atom. The van der Waals surface area contributed by atoms with Gasteiger partial charge in [-0.1, -0.05) is 22.0 Å². The van der Waals surface area contributed by atoms with E-state index < -0.39 is 0 Å². The summed E-state index contributed by atoms with van der Waals surface area (Å²) in [6, 6.07) is 12.8. The Labute approximate surface area is 128 Å². The summed E-state index contributed by atoms with van der Waals surface area (Å²) < 4.78 is 9.23. The van der Waals surface area contributed by atoms with Crippen LogP contribution in [-0.4, -0.2) is 29.2 Å². The Bertz CT molecular complexity index is 581. The van der Waals surface area contributed by atoms with Crippen molar-refractivity contribution in [2.75, 3.05) is 19.7 Å². The summed E-state index contributed by atoms with van der Waals surface area (Å²) in [5.74, 6) is 0.924. The molecule has 0 fully saturated rings. The van der Waals surface area contributed by atoms with Crippen molar-refractivity contribution in [3.8, 4) is 5.75 Å². The van der Waals surface area contributed by atoms with E-state index in [0.29, 0.717) is 6.04 Å². The predicted molar refractivity (Wildman–Crippen MR) is 84.1 cm³/mol. The van der Waals surface area contributed by atoms with Gasteiger partial charge in [0.15, 0.2) is 0 Å². The molecule has 1 aromatic heterocycles. The summed E-state index contributed by atoms with van der Waals surface area (Å²) in [5, 5.41) is 0. The van der Waals surface area contributed by atoms with Crippen molar-refractivity contribution in [3.63, 3.8) is 0 Å². The molecule has 2 aromatic rings. The average Bonchev–Trinajstić information content (AvgIpc) is 2.91. The molecule has 3 nitrogen and oxygen atoms in total. The van der Waals surface area contributed by atoms with Gasteiger partial charge in [-0.25, -0.2) is 0 Å². The molecule has 106 valence electrons. The minimum atomic E-state index is 0.463. The second-order valence-electron chi connectivity index (χ2n) is 5.14. The van der Waals surface area contributed by atoms with Gasteiger partial charge < -0.3 is 9.30 Å². The summed E-state index contributed by atoms with van der Waals surface area (Å²) in [6.45, 7) is 6.11. The lowest BCUT2D eigenvalue weighted by molar-refractivity contribution is 0.139. The normalized spacial score (nSPS) is 18.8. The van der Waals surface area contributed by atoms with Crippen LogP contribution in [0.2, 0.25) is 0 Å². The van der Waals surface area contributed by atoms with Crippen molar-refractivity contribution < 1.29 is 4.74 Å². The number of hydrogen-bond donors (Lipinski definition) is 0. The lowest BCUT2D eigenvalue weighted by atomic mass is 10.1. The van der Waals surface area contributed by atoms with Gasteiger partial charge in [-0.05, 0) is 37.3 Å². The van der Waals surface area contributed by atoms with Crippen LogP contribution in [-0.2, 0) is 6.54 Å². The van der Waals surface area contributed by atoms with Gasteiger partial charge in [0.1, 0.15) is 12.4 Å². The standard InChI is InChI=1S/C16H19BrN2O/c1-13-16-6-3-7-19(16)9-8-18(13)10-11-20-15-5-2-4-14(17)12-15/h2-7,12-13H,8-11H2,1H3. The van der Waals surface area contributed by atoms with E-state index in [9.17, 15) is 0 Å². The number of ether oxygens (including phenoxy) is 1. The first-order chi connectivity index (χ1) is 9.74. The first kappa shape index (κ1) is 13.7.